The zero-order valence-electron chi connectivity index (χ0n) is 15.1. The van der Waals surface area contributed by atoms with E-state index >= 15 is 0 Å². The van der Waals surface area contributed by atoms with Gasteiger partial charge in [0.15, 0.2) is 0 Å². The fourth-order valence-electron chi connectivity index (χ4n) is 3.89. The van der Waals surface area contributed by atoms with Crippen LogP contribution in [0.25, 0.3) is 0 Å². The summed E-state index contributed by atoms with van der Waals surface area (Å²) < 4.78 is 12.1. The monoisotopic (exact) mass is 352 g/mol. The van der Waals surface area contributed by atoms with Gasteiger partial charge in [-0.2, -0.15) is 0 Å². The molecule has 2 aliphatic rings. The largest absolute Gasteiger partial charge is 0.472 e. The molecule has 1 atom stereocenters. The van der Waals surface area contributed by atoms with Gasteiger partial charge < -0.3 is 14.4 Å². The van der Waals surface area contributed by atoms with Gasteiger partial charge in [-0.05, 0) is 38.0 Å². The van der Waals surface area contributed by atoms with Gasteiger partial charge in [0.05, 0.1) is 12.2 Å². The van der Waals surface area contributed by atoms with Crippen LogP contribution in [0.4, 0.5) is 0 Å². The Balaban J connectivity index is 1.34. The maximum Gasteiger partial charge on any atom is 0.253 e. The number of pyridine rings is 1. The molecule has 0 unspecified atom stereocenters. The molecular weight excluding hydrogens is 328 g/mol. The van der Waals surface area contributed by atoms with Gasteiger partial charge in [0.2, 0.25) is 5.88 Å². The predicted octanol–water partition coefficient (Wildman–Crippen LogP) is 3.23. The number of ether oxygens (including phenoxy) is 2. The standard InChI is InChI=1S/C21H24N2O3/c1-16-5-4-6-17(13-16)20(24)23-11-8-21(9-12-23)14-18(15-25-21)26-19-7-2-3-10-22-19/h2-7,10,13,18H,8-9,11-12,14-15H2,1H3/t18-/m1/s1. The number of amides is 1. The first-order chi connectivity index (χ1) is 12.6. The van der Waals surface area contributed by atoms with Gasteiger partial charge in [-0.15, -0.1) is 0 Å². The van der Waals surface area contributed by atoms with Crippen LogP contribution in [0.5, 0.6) is 5.88 Å². The van der Waals surface area contributed by atoms with Crippen molar-refractivity contribution in [1.82, 2.24) is 9.88 Å². The molecule has 0 radical (unpaired) electrons. The molecular formula is C21H24N2O3. The van der Waals surface area contributed by atoms with Crippen molar-refractivity contribution in [2.75, 3.05) is 19.7 Å². The summed E-state index contributed by atoms with van der Waals surface area (Å²) in [6.07, 6.45) is 4.33. The Morgan fingerprint density at radius 1 is 1.23 bits per heavy atom. The fourth-order valence-corrected chi connectivity index (χ4v) is 3.89. The van der Waals surface area contributed by atoms with Gasteiger partial charge in [-0.25, -0.2) is 4.98 Å². The lowest BCUT2D eigenvalue weighted by Gasteiger charge is -2.38. The number of piperidine rings is 1. The lowest BCUT2D eigenvalue weighted by molar-refractivity contribution is -0.0396. The molecule has 0 N–H and O–H groups in total. The number of rotatable bonds is 3. The van der Waals surface area contributed by atoms with Crippen molar-refractivity contribution in [2.45, 2.75) is 37.9 Å². The van der Waals surface area contributed by atoms with Gasteiger partial charge in [0, 0.05) is 37.3 Å². The summed E-state index contributed by atoms with van der Waals surface area (Å²) in [6, 6.07) is 13.5. The Hall–Kier alpha value is -2.40. The summed E-state index contributed by atoms with van der Waals surface area (Å²) in [7, 11) is 0. The van der Waals surface area contributed by atoms with E-state index in [1.54, 1.807) is 6.20 Å². The van der Waals surface area contributed by atoms with Crippen molar-refractivity contribution in [2.24, 2.45) is 0 Å². The molecule has 1 aromatic heterocycles. The topological polar surface area (TPSA) is 51.7 Å². The van der Waals surface area contributed by atoms with Gasteiger partial charge in [0.1, 0.15) is 6.10 Å². The van der Waals surface area contributed by atoms with Gasteiger partial charge >= 0.3 is 0 Å². The van der Waals surface area contributed by atoms with Crippen LogP contribution < -0.4 is 4.74 Å². The fraction of sp³-hybridized carbons (Fsp3) is 0.429. The maximum absolute atomic E-state index is 12.7. The minimum absolute atomic E-state index is 0.0314. The van der Waals surface area contributed by atoms with E-state index in [4.69, 9.17) is 9.47 Å². The predicted molar refractivity (Wildman–Crippen MR) is 98.3 cm³/mol. The number of carbonyl (C=O) groups is 1. The van der Waals surface area contributed by atoms with Crippen LogP contribution in [0.15, 0.2) is 48.7 Å². The summed E-state index contributed by atoms with van der Waals surface area (Å²) in [5.74, 6) is 0.757. The van der Waals surface area contributed by atoms with E-state index in [0.717, 1.165) is 43.5 Å². The van der Waals surface area contributed by atoms with E-state index in [1.807, 2.05) is 54.3 Å². The average Bonchev–Trinajstić information content (AvgIpc) is 3.05. The molecule has 1 aromatic carbocycles. The van der Waals surface area contributed by atoms with Crippen LogP contribution in [0.3, 0.4) is 0 Å². The second kappa shape index (κ2) is 7.08. The molecule has 2 saturated heterocycles. The van der Waals surface area contributed by atoms with E-state index in [1.165, 1.54) is 0 Å². The number of nitrogens with zero attached hydrogens (tertiary/aromatic N) is 2. The maximum atomic E-state index is 12.7. The molecule has 2 aliphatic heterocycles. The van der Waals surface area contributed by atoms with Gasteiger partial charge in [0.25, 0.3) is 5.91 Å². The molecule has 1 amide bonds. The normalized spacial score (nSPS) is 21.7. The third-order valence-corrected chi connectivity index (χ3v) is 5.33. The lowest BCUT2D eigenvalue weighted by Crippen LogP contribution is -2.46. The minimum atomic E-state index is -0.164. The average molecular weight is 352 g/mol. The van der Waals surface area contributed by atoms with Crippen molar-refractivity contribution in [3.05, 3.63) is 59.8 Å². The Labute approximate surface area is 153 Å². The van der Waals surface area contributed by atoms with Crippen LogP contribution >= 0.6 is 0 Å². The van der Waals surface area contributed by atoms with Crippen molar-refractivity contribution >= 4 is 5.91 Å². The van der Waals surface area contributed by atoms with E-state index in [2.05, 4.69) is 4.98 Å². The third kappa shape index (κ3) is 3.58. The van der Waals surface area contributed by atoms with Crippen molar-refractivity contribution in [3.63, 3.8) is 0 Å². The summed E-state index contributed by atoms with van der Waals surface area (Å²) >= 11 is 0. The van der Waals surface area contributed by atoms with Gasteiger partial charge in [-0.1, -0.05) is 23.8 Å². The zero-order chi connectivity index (χ0) is 18.0. The number of likely N-dealkylation sites (tertiary alicyclic amines) is 1. The van der Waals surface area contributed by atoms with Gasteiger partial charge in [-0.3, -0.25) is 4.79 Å². The minimum Gasteiger partial charge on any atom is -0.472 e. The number of carbonyl (C=O) groups excluding carboxylic acids is 1. The Morgan fingerprint density at radius 2 is 2.08 bits per heavy atom. The molecule has 3 heterocycles. The highest BCUT2D eigenvalue weighted by Crippen LogP contribution is 2.37. The molecule has 0 bridgehead atoms. The molecule has 5 heteroatoms. The molecule has 2 fully saturated rings. The van der Waals surface area contributed by atoms with Crippen LogP contribution in [0.2, 0.25) is 0 Å². The second-order valence-corrected chi connectivity index (χ2v) is 7.27. The Bertz CT molecular complexity index is 770. The Kier molecular flexibility index (Phi) is 4.64. The number of hydrogen-bond donors (Lipinski definition) is 0. The highest BCUT2D eigenvalue weighted by atomic mass is 16.6. The summed E-state index contributed by atoms with van der Waals surface area (Å²) in [4.78, 5) is 18.9. The summed E-state index contributed by atoms with van der Waals surface area (Å²) in [5.41, 5.74) is 1.71. The smallest absolute Gasteiger partial charge is 0.253 e. The van der Waals surface area contributed by atoms with Crippen molar-refractivity contribution < 1.29 is 14.3 Å². The van der Waals surface area contributed by atoms with Crippen LogP contribution in [0, 0.1) is 6.92 Å². The second-order valence-electron chi connectivity index (χ2n) is 7.27. The SMILES string of the molecule is Cc1cccc(C(=O)N2CCC3(CC2)C[C@@H](Oc2ccccn2)CO3)c1. The Morgan fingerprint density at radius 3 is 2.81 bits per heavy atom. The quantitative estimate of drug-likeness (QED) is 0.851. The van der Waals surface area contributed by atoms with Crippen molar-refractivity contribution in [1.29, 1.82) is 0 Å². The third-order valence-electron chi connectivity index (χ3n) is 5.33. The van der Waals surface area contributed by atoms with E-state index < -0.39 is 0 Å². The molecule has 2 aromatic rings. The molecule has 26 heavy (non-hydrogen) atoms. The first kappa shape index (κ1) is 17.0. The van der Waals surface area contributed by atoms with E-state index in [-0.39, 0.29) is 17.6 Å². The summed E-state index contributed by atoms with van der Waals surface area (Å²) in [6.45, 7) is 4.05. The molecule has 0 aliphatic carbocycles. The first-order valence-electron chi connectivity index (χ1n) is 9.21. The molecule has 5 nitrogen and oxygen atoms in total. The van der Waals surface area contributed by atoms with E-state index in [9.17, 15) is 4.79 Å². The number of benzene rings is 1. The van der Waals surface area contributed by atoms with Crippen molar-refractivity contribution in [3.8, 4) is 5.88 Å². The van der Waals surface area contributed by atoms with Crippen LogP contribution in [0.1, 0.15) is 35.2 Å². The van der Waals surface area contributed by atoms with Crippen LogP contribution in [-0.4, -0.2) is 47.2 Å². The molecule has 4 rings (SSSR count). The lowest BCUT2D eigenvalue weighted by atomic mass is 9.87. The molecule has 0 saturated carbocycles. The molecule has 1 spiro atoms. The van der Waals surface area contributed by atoms with E-state index in [0.29, 0.717) is 12.5 Å². The zero-order valence-corrected chi connectivity index (χ0v) is 15.1. The highest BCUT2D eigenvalue weighted by molar-refractivity contribution is 5.94. The van der Waals surface area contributed by atoms with Crippen LogP contribution in [-0.2, 0) is 4.74 Å². The number of aryl methyl sites for hydroxylation is 1. The molecule has 136 valence electrons. The summed E-state index contributed by atoms with van der Waals surface area (Å²) in [5, 5.41) is 0. The highest BCUT2D eigenvalue weighted by Gasteiger charge is 2.44. The first-order valence-corrected chi connectivity index (χ1v) is 9.21. The number of aromatic nitrogens is 1. The number of hydrogen-bond acceptors (Lipinski definition) is 4.